The molecule has 2 heterocycles. The van der Waals surface area contributed by atoms with Crippen LogP contribution in [0.25, 0.3) is 11.2 Å². The predicted molar refractivity (Wildman–Crippen MR) is 76.5 cm³/mol. The molecule has 20 heavy (non-hydrogen) atoms. The summed E-state index contributed by atoms with van der Waals surface area (Å²) in [6.45, 7) is 5.98. The summed E-state index contributed by atoms with van der Waals surface area (Å²) in [5.41, 5.74) is 1.06. The second-order valence-corrected chi connectivity index (χ2v) is 5.76. The molecular formula is C14H18N4O2. The number of carboxylic acids is 1. The van der Waals surface area contributed by atoms with Gasteiger partial charge in [-0.2, -0.15) is 0 Å². The van der Waals surface area contributed by atoms with Crippen molar-refractivity contribution in [3.8, 4) is 0 Å². The molecule has 0 radical (unpaired) electrons. The number of aromatic nitrogens is 3. The van der Waals surface area contributed by atoms with Crippen LogP contribution in [0.1, 0.15) is 27.2 Å². The van der Waals surface area contributed by atoms with Gasteiger partial charge < -0.3 is 10.4 Å². The van der Waals surface area contributed by atoms with E-state index in [1.54, 1.807) is 18.5 Å². The Labute approximate surface area is 117 Å². The lowest BCUT2D eigenvalue weighted by molar-refractivity contribution is -0.137. The minimum atomic E-state index is -0.835. The molecule has 0 spiro atoms. The highest BCUT2D eigenvalue weighted by Gasteiger charge is 2.27. The zero-order valence-electron chi connectivity index (χ0n) is 11.8. The van der Waals surface area contributed by atoms with E-state index >= 15 is 0 Å². The summed E-state index contributed by atoms with van der Waals surface area (Å²) in [6.07, 6.45) is 3.22. The van der Waals surface area contributed by atoms with Crippen molar-refractivity contribution in [2.75, 3.05) is 5.32 Å². The summed E-state index contributed by atoms with van der Waals surface area (Å²) in [6, 6.07) is 3.39. The number of anilines is 1. The highest BCUT2D eigenvalue weighted by Crippen LogP contribution is 2.25. The Morgan fingerprint density at radius 3 is 2.65 bits per heavy atom. The molecule has 0 amide bonds. The molecule has 0 aromatic carbocycles. The van der Waals surface area contributed by atoms with Crippen LogP contribution in [0.4, 0.5) is 5.82 Å². The van der Waals surface area contributed by atoms with Crippen molar-refractivity contribution in [3.63, 3.8) is 0 Å². The third-order valence-electron chi connectivity index (χ3n) is 3.08. The van der Waals surface area contributed by atoms with E-state index in [9.17, 15) is 4.79 Å². The van der Waals surface area contributed by atoms with Gasteiger partial charge in [0.15, 0.2) is 5.65 Å². The molecule has 0 aliphatic carbocycles. The molecule has 0 aliphatic heterocycles. The van der Waals surface area contributed by atoms with Crippen LogP contribution in [0.15, 0.2) is 24.5 Å². The van der Waals surface area contributed by atoms with Crippen molar-refractivity contribution in [2.45, 2.75) is 33.2 Å². The zero-order chi connectivity index (χ0) is 14.8. The van der Waals surface area contributed by atoms with Crippen LogP contribution in [-0.4, -0.2) is 32.1 Å². The predicted octanol–water partition coefficient (Wildman–Crippen LogP) is 2.33. The second-order valence-electron chi connectivity index (χ2n) is 5.76. The Balaban J connectivity index is 2.26. The van der Waals surface area contributed by atoms with E-state index in [-0.39, 0.29) is 17.9 Å². The number of fused-ring (bicyclic) bond motifs is 1. The van der Waals surface area contributed by atoms with E-state index in [4.69, 9.17) is 5.11 Å². The molecule has 2 aromatic heterocycles. The number of carbonyl (C=O) groups is 1. The summed E-state index contributed by atoms with van der Waals surface area (Å²) < 4.78 is 0. The molecule has 2 aromatic rings. The van der Waals surface area contributed by atoms with E-state index in [1.165, 1.54) is 0 Å². The normalized spacial score (nSPS) is 13.2. The third kappa shape index (κ3) is 3.40. The first-order valence-corrected chi connectivity index (χ1v) is 6.42. The number of rotatable bonds is 4. The number of nitrogens with one attached hydrogen (secondary N) is 1. The number of nitrogens with zero attached hydrogens (tertiary/aromatic N) is 3. The van der Waals surface area contributed by atoms with E-state index in [1.807, 2.05) is 26.8 Å². The molecular weight excluding hydrogens is 256 g/mol. The standard InChI is InChI=1S/C14H18N4O2/c1-14(2,3)10(8-12(19)20)17-11-5-4-9-13(18-11)16-7-6-15-9/h4-7,10H,8H2,1-3H3,(H,19,20)(H,16,17,18). The molecule has 106 valence electrons. The summed E-state index contributed by atoms with van der Waals surface area (Å²) in [5.74, 6) is -0.225. The van der Waals surface area contributed by atoms with Gasteiger partial charge in [-0.3, -0.25) is 9.78 Å². The minimum Gasteiger partial charge on any atom is -0.481 e. The van der Waals surface area contributed by atoms with Gasteiger partial charge in [0, 0.05) is 18.4 Å². The van der Waals surface area contributed by atoms with E-state index < -0.39 is 5.97 Å². The topological polar surface area (TPSA) is 88.0 Å². The van der Waals surface area contributed by atoms with E-state index in [0.717, 1.165) is 0 Å². The van der Waals surface area contributed by atoms with Crippen molar-refractivity contribution in [3.05, 3.63) is 24.5 Å². The van der Waals surface area contributed by atoms with Crippen LogP contribution < -0.4 is 5.32 Å². The average Bonchev–Trinajstić information content (AvgIpc) is 2.36. The first-order chi connectivity index (χ1) is 9.36. The quantitative estimate of drug-likeness (QED) is 0.889. The highest BCUT2D eigenvalue weighted by molar-refractivity contribution is 5.72. The monoisotopic (exact) mass is 274 g/mol. The van der Waals surface area contributed by atoms with Crippen molar-refractivity contribution in [1.29, 1.82) is 0 Å². The molecule has 6 nitrogen and oxygen atoms in total. The fourth-order valence-electron chi connectivity index (χ4n) is 1.86. The van der Waals surface area contributed by atoms with Gasteiger partial charge in [0.2, 0.25) is 0 Å². The number of hydrogen-bond acceptors (Lipinski definition) is 5. The van der Waals surface area contributed by atoms with Gasteiger partial charge in [-0.25, -0.2) is 9.97 Å². The Bertz CT molecular complexity index is 622. The van der Waals surface area contributed by atoms with Gasteiger partial charge in [-0.1, -0.05) is 20.8 Å². The number of hydrogen-bond donors (Lipinski definition) is 2. The first-order valence-electron chi connectivity index (χ1n) is 6.42. The smallest absolute Gasteiger partial charge is 0.305 e. The van der Waals surface area contributed by atoms with Crippen molar-refractivity contribution < 1.29 is 9.90 Å². The fraction of sp³-hybridized carbons (Fsp3) is 0.429. The number of aliphatic carboxylic acids is 1. The van der Waals surface area contributed by atoms with Gasteiger partial charge in [0.1, 0.15) is 11.3 Å². The molecule has 1 unspecified atom stereocenters. The van der Waals surface area contributed by atoms with Crippen molar-refractivity contribution in [2.24, 2.45) is 5.41 Å². The van der Waals surface area contributed by atoms with Gasteiger partial charge in [0.05, 0.1) is 6.42 Å². The number of carboxylic acid groups (broad SMARTS) is 1. The van der Waals surface area contributed by atoms with Gasteiger partial charge in [0.25, 0.3) is 0 Å². The maximum atomic E-state index is 11.0. The molecule has 0 fully saturated rings. The lowest BCUT2D eigenvalue weighted by atomic mass is 9.85. The van der Waals surface area contributed by atoms with Crippen molar-refractivity contribution in [1.82, 2.24) is 15.0 Å². The molecule has 6 heteroatoms. The van der Waals surface area contributed by atoms with Gasteiger partial charge in [-0.15, -0.1) is 0 Å². The Kier molecular flexibility index (Phi) is 3.83. The Hall–Kier alpha value is -2.24. The van der Waals surface area contributed by atoms with Crippen LogP contribution in [0.2, 0.25) is 0 Å². The van der Waals surface area contributed by atoms with E-state index in [0.29, 0.717) is 17.0 Å². The molecule has 1 atom stereocenters. The van der Waals surface area contributed by atoms with Crippen LogP contribution in [-0.2, 0) is 4.79 Å². The Morgan fingerprint density at radius 2 is 2.00 bits per heavy atom. The van der Waals surface area contributed by atoms with Gasteiger partial charge >= 0.3 is 5.97 Å². The molecule has 0 aliphatic rings. The van der Waals surface area contributed by atoms with Gasteiger partial charge in [-0.05, 0) is 17.5 Å². The van der Waals surface area contributed by atoms with Crippen LogP contribution in [0.3, 0.4) is 0 Å². The van der Waals surface area contributed by atoms with Crippen LogP contribution in [0.5, 0.6) is 0 Å². The maximum Gasteiger partial charge on any atom is 0.305 e. The summed E-state index contributed by atoms with van der Waals surface area (Å²) >= 11 is 0. The third-order valence-corrected chi connectivity index (χ3v) is 3.08. The average molecular weight is 274 g/mol. The first kappa shape index (κ1) is 14.2. The van der Waals surface area contributed by atoms with Crippen molar-refractivity contribution >= 4 is 23.0 Å². The SMILES string of the molecule is CC(C)(C)C(CC(=O)O)Nc1ccc2nccnc2n1. The summed E-state index contributed by atoms with van der Waals surface area (Å²) in [7, 11) is 0. The molecule has 2 N–H and O–H groups in total. The summed E-state index contributed by atoms with van der Waals surface area (Å²) in [5, 5.41) is 12.2. The highest BCUT2D eigenvalue weighted by atomic mass is 16.4. The minimum absolute atomic E-state index is 0.0314. The fourth-order valence-corrected chi connectivity index (χ4v) is 1.86. The molecule has 0 saturated carbocycles. The summed E-state index contributed by atoms with van der Waals surface area (Å²) in [4.78, 5) is 23.6. The lowest BCUT2D eigenvalue weighted by Crippen LogP contribution is -2.36. The molecule has 0 saturated heterocycles. The largest absolute Gasteiger partial charge is 0.481 e. The zero-order valence-corrected chi connectivity index (χ0v) is 11.8. The second kappa shape index (κ2) is 5.40. The van der Waals surface area contributed by atoms with Crippen LogP contribution >= 0.6 is 0 Å². The maximum absolute atomic E-state index is 11.0. The number of pyridine rings is 1. The molecule has 0 bridgehead atoms. The Morgan fingerprint density at radius 1 is 1.30 bits per heavy atom. The van der Waals surface area contributed by atoms with Crippen LogP contribution in [0, 0.1) is 5.41 Å². The lowest BCUT2D eigenvalue weighted by Gasteiger charge is -2.30. The van der Waals surface area contributed by atoms with E-state index in [2.05, 4.69) is 20.3 Å². The molecule has 2 rings (SSSR count).